The van der Waals surface area contributed by atoms with E-state index >= 15 is 0 Å². The van der Waals surface area contributed by atoms with Gasteiger partial charge in [-0.1, -0.05) is 30.3 Å². The van der Waals surface area contributed by atoms with Gasteiger partial charge in [0.1, 0.15) is 0 Å². The van der Waals surface area contributed by atoms with E-state index < -0.39 is 17.6 Å². The molecule has 2 rings (SSSR count). The van der Waals surface area contributed by atoms with Gasteiger partial charge in [-0.3, -0.25) is 4.79 Å². The number of halogens is 2. The summed E-state index contributed by atoms with van der Waals surface area (Å²) in [6, 6.07) is 12.5. The van der Waals surface area contributed by atoms with E-state index in [1.807, 2.05) is 30.3 Å². The molecule has 0 fully saturated rings. The van der Waals surface area contributed by atoms with E-state index in [0.29, 0.717) is 0 Å². The summed E-state index contributed by atoms with van der Waals surface area (Å²) < 4.78 is 26.2. The van der Waals surface area contributed by atoms with E-state index in [1.54, 1.807) is 0 Å². The fourth-order valence-corrected chi connectivity index (χ4v) is 2.12. The third kappa shape index (κ3) is 3.25. The highest BCUT2D eigenvalue weighted by molar-refractivity contribution is 5.97. The summed E-state index contributed by atoms with van der Waals surface area (Å²) in [5.41, 5.74) is 6.77. The second-order valence-electron chi connectivity index (χ2n) is 4.69. The number of amides is 1. The van der Waals surface area contributed by atoms with Gasteiger partial charge in [0.2, 0.25) is 5.91 Å². The smallest absolute Gasteiger partial charge is 0.235 e. The van der Waals surface area contributed by atoms with E-state index in [2.05, 4.69) is 0 Å². The Morgan fingerprint density at radius 1 is 1.14 bits per heavy atom. The molecule has 1 amide bonds. The first-order valence-corrected chi connectivity index (χ1v) is 6.52. The van der Waals surface area contributed by atoms with Crippen LogP contribution in [0.15, 0.2) is 48.5 Å². The molecule has 0 radical (unpaired) electrons. The number of nitrogens with zero attached hydrogens (tertiary/aromatic N) is 1. The molecule has 0 aliphatic rings. The summed E-state index contributed by atoms with van der Waals surface area (Å²) in [5.74, 6) is -2.73. The van der Waals surface area contributed by atoms with Crippen LogP contribution < -0.4 is 10.6 Å². The molecule has 0 aromatic heterocycles. The number of carbonyl (C=O) groups is 1. The van der Waals surface area contributed by atoms with Crippen molar-refractivity contribution >= 4 is 11.6 Å². The molecule has 0 spiro atoms. The van der Waals surface area contributed by atoms with Gasteiger partial charge in [0.05, 0.1) is 5.92 Å². The second kappa shape index (κ2) is 6.45. The minimum atomic E-state index is -0.990. The summed E-state index contributed by atoms with van der Waals surface area (Å²) in [4.78, 5) is 13.8. The predicted octanol–water partition coefficient (Wildman–Crippen LogP) is 2.67. The van der Waals surface area contributed by atoms with Crippen molar-refractivity contribution in [1.82, 2.24) is 0 Å². The molecule has 0 unspecified atom stereocenters. The Morgan fingerprint density at radius 2 is 1.81 bits per heavy atom. The first kappa shape index (κ1) is 15.1. The maximum absolute atomic E-state index is 13.3. The molecule has 0 heterocycles. The largest absolute Gasteiger partial charge is 0.329 e. The molecule has 0 saturated carbocycles. The predicted molar refractivity (Wildman–Crippen MR) is 78.0 cm³/mol. The molecule has 0 bridgehead atoms. The molecule has 5 heteroatoms. The van der Waals surface area contributed by atoms with E-state index in [1.165, 1.54) is 18.0 Å². The Morgan fingerprint density at radius 3 is 2.38 bits per heavy atom. The zero-order chi connectivity index (χ0) is 15.4. The monoisotopic (exact) mass is 290 g/mol. The van der Waals surface area contributed by atoms with Gasteiger partial charge in [-0.2, -0.15) is 0 Å². The number of likely N-dealkylation sites (N-methyl/N-ethyl adjacent to an activating group) is 1. The highest BCUT2D eigenvalue weighted by Crippen LogP contribution is 2.22. The summed E-state index contributed by atoms with van der Waals surface area (Å²) in [5, 5.41) is 0. The lowest BCUT2D eigenvalue weighted by Gasteiger charge is -2.23. The third-order valence-corrected chi connectivity index (χ3v) is 3.36. The first-order chi connectivity index (χ1) is 10.0. The highest BCUT2D eigenvalue weighted by atomic mass is 19.2. The lowest BCUT2D eigenvalue weighted by Crippen LogP contribution is -2.35. The van der Waals surface area contributed by atoms with Gasteiger partial charge in [-0.05, 0) is 17.7 Å². The Hall–Kier alpha value is -2.27. The normalized spacial score (nSPS) is 12.0. The minimum absolute atomic E-state index is 0.136. The van der Waals surface area contributed by atoms with Crippen LogP contribution in [0.2, 0.25) is 0 Å². The molecule has 1 atom stereocenters. The van der Waals surface area contributed by atoms with Gasteiger partial charge >= 0.3 is 0 Å². The Kier molecular flexibility index (Phi) is 4.65. The Balaban J connectivity index is 2.26. The summed E-state index contributed by atoms with van der Waals surface area (Å²) in [6.07, 6.45) is 0. The van der Waals surface area contributed by atoms with Gasteiger partial charge in [-0.15, -0.1) is 0 Å². The van der Waals surface area contributed by atoms with Crippen LogP contribution >= 0.6 is 0 Å². The summed E-state index contributed by atoms with van der Waals surface area (Å²) in [7, 11) is 1.51. The van der Waals surface area contributed by atoms with Gasteiger partial charge in [0.25, 0.3) is 0 Å². The molecule has 110 valence electrons. The average Bonchev–Trinajstić information content (AvgIpc) is 2.51. The molecular formula is C16H16F2N2O. The van der Waals surface area contributed by atoms with Crippen LogP contribution in [-0.4, -0.2) is 19.5 Å². The number of hydrogen-bond acceptors (Lipinski definition) is 2. The number of nitrogens with two attached hydrogens (primary N) is 1. The fraction of sp³-hybridized carbons (Fsp3) is 0.188. The Bertz CT molecular complexity index is 631. The number of rotatable bonds is 4. The van der Waals surface area contributed by atoms with Crippen LogP contribution in [0.4, 0.5) is 14.5 Å². The molecule has 2 aromatic carbocycles. The molecular weight excluding hydrogens is 274 g/mol. The van der Waals surface area contributed by atoms with E-state index in [4.69, 9.17) is 5.73 Å². The fourth-order valence-electron chi connectivity index (χ4n) is 2.12. The molecule has 0 aliphatic heterocycles. The number of anilines is 1. The third-order valence-electron chi connectivity index (χ3n) is 3.36. The van der Waals surface area contributed by atoms with Crippen LogP contribution in [0.3, 0.4) is 0 Å². The molecule has 21 heavy (non-hydrogen) atoms. The highest BCUT2D eigenvalue weighted by Gasteiger charge is 2.23. The molecule has 2 aromatic rings. The van der Waals surface area contributed by atoms with Crippen LogP contribution in [-0.2, 0) is 4.79 Å². The Labute approximate surface area is 122 Å². The van der Waals surface area contributed by atoms with Gasteiger partial charge < -0.3 is 10.6 Å². The van der Waals surface area contributed by atoms with E-state index in [-0.39, 0.29) is 18.1 Å². The van der Waals surface area contributed by atoms with Crippen LogP contribution in [0.25, 0.3) is 0 Å². The lowest BCUT2D eigenvalue weighted by molar-refractivity contribution is -0.119. The van der Waals surface area contributed by atoms with Crippen molar-refractivity contribution in [2.75, 3.05) is 18.5 Å². The zero-order valence-electron chi connectivity index (χ0n) is 11.6. The topological polar surface area (TPSA) is 46.3 Å². The van der Waals surface area contributed by atoms with Crippen LogP contribution in [0.5, 0.6) is 0 Å². The quantitative estimate of drug-likeness (QED) is 0.941. The zero-order valence-corrected chi connectivity index (χ0v) is 11.6. The maximum atomic E-state index is 13.3. The van der Waals surface area contributed by atoms with Gasteiger partial charge in [-0.25, -0.2) is 8.78 Å². The van der Waals surface area contributed by atoms with Crippen molar-refractivity contribution in [2.24, 2.45) is 5.73 Å². The van der Waals surface area contributed by atoms with Crippen molar-refractivity contribution < 1.29 is 13.6 Å². The lowest BCUT2D eigenvalue weighted by atomic mass is 9.97. The van der Waals surface area contributed by atoms with Gasteiger partial charge in [0, 0.05) is 25.3 Å². The van der Waals surface area contributed by atoms with Gasteiger partial charge in [0.15, 0.2) is 11.6 Å². The number of benzene rings is 2. The standard InChI is InChI=1S/C16H16F2N2O/c1-20(12-7-8-14(17)15(18)9-12)16(21)13(10-19)11-5-3-2-4-6-11/h2-9,13H,10,19H2,1H3/t13-/m1/s1. The van der Waals surface area contributed by atoms with Crippen molar-refractivity contribution in [3.63, 3.8) is 0 Å². The SMILES string of the molecule is CN(C(=O)[C@H](CN)c1ccccc1)c1ccc(F)c(F)c1. The molecule has 0 aliphatic carbocycles. The first-order valence-electron chi connectivity index (χ1n) is 6.52. The molecule has 3 nitrogen and oxygen atoms in total. The summed E-state index contributed by atoms with van der Waals surface area (Å²) >= 11 is 0. The summed E-state index contributed by atoms with van der Waals surface area (Å²) in [6.45, 7) is 0.136. The van der Waals surface area contributed by atoms with Crippen LogP contribution in [0.1, 0.15) is 11.5 Å². The van der Waals surface area contributed by atoms with E-state index in [0.717, 1.165) is 17.7 Å². The van der Waals surface area contributed by atoms with Crippen molar-refractivity contribution in [2.45, 2.75) is 5.92 Å². The van der Waals surface area contributed by atoms with Crippen molar-refractivity contribution in [1.29, 1.82) is 0 Å². The average molecular weight is 290 g/mol. The van der Waals surface area contributed by atoms with E-state index in [9.17, 15) is 13.6 Å². The van der Waals surface area contributed by atoms with Crippen molar-refractivity contribution in [3.8, 4) is 0 Å². The molecule has 0 saturated heterocycles. The van der Waals surface area contributed by atoms with Crippen LogP contribution in [0, 0.1) is 11.6 Å². The maximum Gasteiger partial charge on any atom is 0.235 e. The number of hydrogen-bond donors (Lipinski definition) is 1. The number of carbonyl (C=O) groups excluding carboxylic acids is 1. The second-order valence-corrected chi connectivity index (χ2v) is 4.69. The minimum Gasteiger partial charge on any atom is -0.329 e. The van der Waals surface area contributed by atoms with Crippen molar-refractivity contribution in [3.05, 3.63) is 65.7 Å². The molecule has 2 N–H and O–H groups in total.